The van der Waals surface area contributed by atoms with Crippen LogP contribution in [0.1, 0.15) is 10.4 Å². The van der Waals surface area contributed by atoms with Crippen molar-refractivity contribution in [2.45, 2.75) is 5.03 Å². The summed E-state index contributed by atoms with van der Waals surface area (Å²) in [6.45, 7) is 1.23. The lowest BCUT2D eigenvalue weighted by atomic mass is 10.0. The lowest BCUT2D eigenvalue weighted by Crippen LogP contribution is -2.50. The first-order valence-corrected chi connectivity index (χ1v) is 11.8. The first kappa shape index (κ1) is 20.4. The number of benzene rings is 2. The zero-order chi connectivity index (χ0) is 22.1. The number of carbonyl (C=O) groups is 1. The van der Waals surface area contributed by atoms with E-state index in [1.165, 1.54) is 4.31 Å². The van der Waals surface area contributed by atoms with Gasteiger partial charge in [0.05, 0.1) is 0 Å². The van der Waals surface area contributed by atoms with Crippen LogP contribution in [0.5, 0.6) is 0 Å². The number of nitrogens with one attached hydrogen (secondary N) is 1. The van der Waals surface area contributed by atoms with Gasteiger partial charge in [0.2, 0.25) is 0 Å². The summed E-state index contributed by atoms with van der Waals surface area (Å²) in [4.78, 5) is 21.7. The van der Waals surface area contributed by atoms with E-state index in [-0.39, 0.29) is 24.0 Å². The van der Waals surface area contributed by atoms with Gasteiger partial charge in [0.15, 0.2) is 0 Å². The zero-order valence-electron chi connectivity index (χ0n) is 17.3. The Hall–Kier alpha value is -3.49. The Bertz CT molecular complexity index is 1320. The van der Waals surface area contributed by atoms with Gasteiger partial charge in [-0.3, -0.25) is 9.78 Å². The molecule has 3 heterocycles. The highest BCUT2D eigenvalue weighted by Crippen LogP contribution is 2.23. The number of hydrogen-bond acceptors (Lipinski definition) is 4. The number of fused-ring (bicyclic) bond motifs is 1. The summed E-state index contributed by atoms with van der Waals surface area (Å²) in [5.74, 6) is -0.0889. The van der Waals surface area contributed by atoms with Crippen molar-refractivity contribution in [2.24, 2.45) is 0 Å². The second-order valence-corrected chi connectivity index (χ2v) is 9.64. The first-order chi connectivity index (χ1) is 15.5. The van der Waals surface area contributed by atoms with Crippen LogP contribution in [-0.4, -0.2) is 59.7 Å². The van der Waals surface area contributed by atoms with Gasteiger partial charge in [0.25, 0.3) is 15.9 Å². The van der Waals surface area contributed by atoms with Crippen molar-refractivity contribution in [1.29, 1.82) is 0 Å². The molecule has 7 nitrogen and oxygen atoms in total. The van der Waals surface area contributed by atoms with E-state index in [1.807, 2.05) is 60.7 Å². The van der Waals surface area contributed by atoms with Crippen molar-refractivity contribution in [2.75, 3.05) is 26.2 Å². The van der Waals surface area contributed by atoms with E-state index in [1.54, 1.807) is 23.4 Å². The fourth-order valence-corrected chi connectivity index (χ4v) is 5.43. The molecular weight excluding hydrogens is 424 g/mol. The molecule has 1 fully saturated rings. The highest BCUT2D eigenvalue weighted by atomic mass is 32.2. The van der Waals surface area contributed by atoms with Crippen molar-refractivity contribution in [3.8, 4) is 11.1 Å². The number of H-pyrrole nitrogens is 1. The van der Waals surface area contributed by atoms with E-state index in [4.69, 9.17) is 0 Å². The van der Waals surface area contributed by atoms with Crippen molar-refractivity contribution >= 4 is 26.8 Å². The molecule has 2 aromatic carbocycles. The molecule has 0 bridgehead atoms. The van der Waals surface area contributed by atoms with Gasteiger partial charge >= 0.3 is 0 Å². The maximum atomic E-state index is 13.1. The standard InChI is InChI=1S/C24H22N4O3S/c29-24(20-7-5-18(6-8-20)19-9-11-25-12-10-19)27-13-15-28(16-14-27)32(30,31)23-17-21-3-1-2-4-22(21)26-23/h1-12,17,26H,13-16H2. The number of hydrogen-bond donors (Lipinski definition) is 1. The van der Waals surface area contributed by atoms with Crippen molar-refractivity contribution in [1.82, 2.24) is 19.2 Å². The third-order valence-electron chi connectivity index (χ3n) is 5.79. The lowest BCUT2D eigenvalue weighted by molar-refractivity contribution is 0.0698. The fraction of sp³-hybridized carbons (Fsp3) is 0.167. The van der Waals surface area contributed by atoms with Gasteiger partial charge in [-0.25, -0.2) is 8.42 Å². The van der Waals surface area contributed by atoms with Gasteiger partial charge in [-0.15, -0.1) is 0 Å². The average Bonchev–Trinajstić information content (AvgIpc) is 3.30. The van der Waals surface area contributed by atoms with E-state index in [2.05, 4.69) is 9.97 Å². The van der Waals surface area contributed by atoms with Crippen molar-refractivity contribution in [3.63, 3.8) is 0 Å². The summed E-state index contributed by atoms with van der Waals surface area (Å²) in [6.07, 6.45) is 3.47. The minimum absolute atomic E-state index is 0.0889. The molecule has 0 aliphatic carbocycles. The number of carbonyl (C=O) groups excluding carboxylic acids is 1. The molecule has 1 saturated heterocycles. The number of rotatable bonds is 4. The van der Waals surface area contributed by atoms with E-state index in [9.17, 15) is 13.2 Å². The van der Waals surface area contributed by atoms with Gasteiger partial charge in [-0.05, 0) is 47.5 Å². The second kappa shape index (κ2) is 8.22. The predicted octanol–water partition coefficient (Wildman–Crippen LogP) is 3.38. The molecule has 4 aromatic rings. The van der Waals surface area contributed by atoms with E-state index >= 15 is 0 Å². The minimum Gasteiger partial charge on any atom is -0.345 e. The van der Waals surface area contributed by atoms with Crippen LogP contribution in [0.15, 0.2) is 84.1 Å². The smallest absolute Gasteiger partial charge is 0.258 e. The van der Waals surface area contributed by atoms with Gasteiger partial charge in [-0.1, -0.05) is 30.3 Å². The number of amides is 1. The third-order valence-corrected chi connectivity index (χ3v) is 7.62. The molecular formula is C24H22N4O3S. The summed E-state index contributed by atoms with van der Waals surface area (Å²) in [7, 11) is -3.64. The molecule has 1 aliphatic rings. The number of sulfonamides is 1. The number of pyridine rings is 1. The number of piperazine rings is 1. The summed E-state index contributed by atoms with van der Waals surface area (Å²) in [6, 6.07) is 20.4. The van der Waals surface area contributed by atoms with Crippen LogP contribution in [0.4, 0.5) is 0 Å². The maximum Gasteiger partial charge on any atom is 0.258 e. The SMILES string of the molecule is O=C(c1ccc(-c2ccncc2)cc1)N1CCN(S(=O)(=O)c2cc3ccccc3[nH]2)CC1. The maximum absolute atomic E-state index is 13.1. The average molecular weight is 447 g/mol. The summed E-state index contributed by atoms with van der Waals surface area (Å²) in [5.41, 5.74) is 3.43. The van der Waals surface area contributed by atoms with Crippen LogP contribution in [0.3, 0.4) is 0 Å². The normalized spacial score (nSPS) is 15.2. The van der Waals surface area contributed by atoms with Gasteiger partial charge < -0.3 is 9.88 Å². The topological polar surface area (TPSA) is 86.4 Å². The predicted molar refractivity (Wildman–Crippen MR) is 123 cm³/mol. The molecule has 0 spiro atoms. The molecule has 1 N–H and O–H groups in total. The summed E-state index contributed by atoms with van der Waals surface area (Å²) in [5, 5.41) is 1.04. The number of nitrogens with zero attached hydrogens (tertiary/aromatic N) is 3. The Kier molecular flexibility index (Phi) is 5.24. The van der Waals surface area contributed by atoms with E-state index in [0.29, 0.717) is 18.7 Å². The highest BCUT2D eigenvalue weighted by molar-refractivity contribution is 7.89. The Labute approximate surface area is 186 Å². The molecule has 0 radical (unpaired) electrons. The summed E-state index contributed by atoms with van der Waals surface area (Å²) >= 11 is 0. The van der Waals surface area contributed by atoms with Gasteiger partial charge in [0, 0.05) is 55.0 Å². The molecule has 0 unspecified atom stereocenters. The second-order valence-electron chi connectivity index (χ2n) is 7.73. The van der Waals surface area contributed by atoms with Gasteiger partial charge in [0.1, 0.15) is 5.03 Å². The Morgan fingerprint density at radius 2 is 1.50 bits per heavy atom. The molecule has 5 rings (SSSR count). The Balaban J connectivity index is 1.26. The van der Waals surface area contributed by atoms with Crippen LogP contribution in [-0.2, 0) is 10.0 Å². The minimum atomic E-state index is -3.64. The molecule has 32 heavy (non-hydrogen) atoms. The Morgan fingerprint density at radius 3 is 2.19 bits per heavy atom. The Morgan fingerprint density at radius 1 is 0.844 bits per heavy atom. The van der Waals surface area contributed by atoms with Crippen molar-refractivity contribution < 1.29 is 13.2 Å². The lowest BCUT2D eigenvalue weighted by Gasteiger charge is -2.33. The largest absolute Gasteiger partial charge is 0.345 e. The highest BCUT2D eigenvalue weighted by Gasteiger charge is 2.31. The quantitative estimate of drug-likeness (QED) is 0.521. The molecule has 0 atom stereocenters. The van der Waals surface area contributed by atoms with Crippen LogP contribution < -0.4 is 0 Å². The third kappa shape index (κ3) is 3.79. The molecule has 8 heteroatoms. The van der Waals surface area contributed by atoms with Gasteiger partial charge in [-0.2, -0.15) is 4.31 Å². The first-order valence-electron chi connectivity index (χ1n) is 10.4. The van der Waals surface area contributed by atoms with Crippen LogP contribution in [0, 0.1) is 0 Å². The zero-order valence-corrected chi connectivity index (χ0v) is 18.1. The summed E-state index contributed by atoms with van der Waals surface area (Å²) < 4.78 is 27.6. The fourth-order valence-electron chi connectivity index (χ4n) is 3.99. The molecule has 1 aliphatic heterocycles. The molecule has 1 amide bonds. The number of aromatic amines is 1. The van der Waals surface area contributed by atoms with E-state index < -0.39 is 10.0 Å². The number of aromatic nitrogens is 2. The van der Waals surface area contributed by atoms with Crippen molar-refractivity contribution in [3.05, 3.63) is 84.7 Å². The molecule has 0 saturated carbocycles. The molecule has 162 valence electrons. The van der Waals surface area contributed by atoms with Crippen LogP contribution in [0.2, 0.25) is 0 Å². The number of para-hydroxylation sites is 1. The molecule has 2 aromatic heterocycles. The van der Waals surface area contributed by atoms with Crippen LogP contribution >= 0.6 is 0 Å². The van der Waals surface area contributed by atoms with E-state index in [0.717, 1.165) is 22.0 Å². The monoisotopic (exact) mass is 446 g/mol. The van der Waals surface area contributed by atoms with Crippen LogP contribution in [0.25, 0.3) is 22.0 Å².